The highest BCUT2D eigenvalue weighted by Crippen LogP contribution is 2.30. The Bertz CT molecular complexity index is 956. The largest absolute Gasteiger partial charge is 0.486 e. The van der Waals surface area contributed by atoms with E-state index >= 15 is 0 Å². The molecule has 2 N–H and O–H groups in total. The quantitative estimate of drug-likeness (QED) is 0.684. The van der Waals surface area contributed by atoms with E-state index in [1.807, 2.05) is 18.2 Å². The monoisotopic (exact) mass is 418 g/mol. The number of amides is 1. The maximum atomic E-state index is 12.2. The van der Waals surface area contributed by atoms with Crippen LogP contribution in [0, 0.1) is 0 Å². The molecule has 2 aromatic carbocycles. The Morgan fingerprint density at radius 1 is 1.00 bits per heavy atom. The van der Waals surface area contributed by atoms with Crippen LogP contribution in [0.4, 0.5) is 0 Å². The SMILES string of the molecule is CC(C)NS(=O)(=O)c1ccc(CCNC(=O)Cc2ccc3c(c2)OCCO3)cc1. The van der Waals surface area contributed by atoms with Gasteiger partial charge in [-0.15, -0.1) is 0 Å². The summed E-state index contributed by atoms with van der Waals surface area (Å²) in [6, 6.07) is 12.0. The third-order valence-electron chi connectivity index (χ3n) is 4.33. The first-order chi connectivity index (χ1) is 13.8. The summed E-state index contributed by atoms with van der Waals surface area (Å²) in [5.41, 5.74) is 1.81. The second kappa shape index (κ2) is 9.28. The van der Waals surface area contributed by atoms with Crippen molar-refractivity contribution in [3.8, 4) is 11.5 Å². The Kier molecular flexibility index (Phi) is 6.76. The minimum atomic E-state index is -3.49. The number of hydrogen-bond acceptors (Lipinski definition) is 5. The summed E-state index contributed by atoms with van der Waals surface area (Å²) >= 11 is 0. The third-order valence-corrected chi connectivity index (χ3v) is 6.01. The van der Waals surface area contributed by atoms with Crippen LogP contribution in [0.25, 0.3) is 0 Å². The number of rotatable bonds is 8. The summed E-state index contributed by atoms with van der Waals surface area (Å²) < 4.78 is 37.8. The molecule has 3 rings (SSSR count). The van der Waals surface area contributed by atoms with Gasteiger partial charge in [-0.25, -0.2) is 13.1 Å². The van der Waals surface area contributed by atoms with Gasteiger partial charge < -0.3 is 14.8 Å². The standard InChI is InChI=1S/C21H26N2O5S/c1-15(2)23-29(25,26)18-6-3-16(4-7-18)9-10-22-21(24)14-17-5-8-19-20(13-17)28-12-11-27-19/h3-8,13,15,23H,9-12,14H2,1-2H3,(H,22,24). The molecule has 0 unspecified atom stereocenters. The minimum Gasteiger partial charge on any atom is -0.486 e. The smallest absolute Gasteiger partial charge is 0.240 e. The van der Waals surface area contributed by atoms with Crippen molar-refractivity contribution in [2.45, 2.75) is 37.6 Å². The first-order valence-electron chi connectivity index (χ1n) is 9.60. The average Bonchev–Trinajstić information content (AvgIpc) is 2.67. The van der Waals surface area contributed by atoms with E-state index in [1.165, 1.54) is 0 Å². The highest BCUT2D eigenvalue weighted by Gasteiger charge is 2.15. The second-order valence-electron chi connectivity index (χ2n) is 7.17. The summed E-state index contributed by atoms with van der Waals surface area (Å²) in [7, 11) is -3.49. The molecule has 29 heavy (non-hydrogen) atoms. The summed E-state index contributed by atoms with van der Waals surface area (Å²) in [5.74, 6) is 1.29. The molecule has 0 atom stereocenters. The van der Waals surface area contributed by atoms with E-state index in [2.05, 4.69) is 10.0 Å². The van der Waals surface area contributed by atoms with E-state index in [4.69, 9.17) is 9.47 Å². The number of sulfonamides is 1. The fourth-order valence-electron chi connectivity index (χ4n) is 3.01. The van der Waals surface area contributed by atoms with Crippen molar-refractivity contribution in [1.29, 1.82) is 0 Å². The lowest BCUT2D eigenvalue weighted by atomic mass is 10.1. The molecule has 0 aromatic heterocycles. The van der Waals surface area contributed by atoms with Gasteiger partial charge in [0, 0.05) is 12.6 Å². The molecule has 0 bridgehead atoms. The molecule has 1 amide bonds. The zero-order chi connectivity index (χ0) is 20.9. The average molecular weight is 419 g/mol. The molecule has 0 spiro atoms. The lowest BCUT2D eigenvalue weighted by Crippen LogP contribution is -2.30. The molecule has 156 valence electrons. The molecule has 0 radical (unpaired) electrons. The Hall–Kier alpha value is -2.58. The summed E-state index contributed by atoms with van der Waals surface area (Å²) in [6.07, 6.45) is 0.875. The maximum Gasteiger partial charge on any atom is 0.240 e. The van der Waals surface area contributed by atoms with Crippen molar-refractivity contribution >= 4 is 15.9 Å². The number of fused-ring (bicyclic) bond motifs is 1. The zero-order valence-electron chi connectivity index (χ0n) is 16.6. The molecule has 0 aliphatic carbocycles. The van der Waals surface area contributed by atoms with Crippen LogP contribution in [0.1, 0.15) is 25.0 Å². The highest BCUT2D eigenvalue weighted by atomic mass is 32.2. The number of carbonyl (C=O) groups excluding carboxylic acids is 1. The molecule has 2 aromatic rings. The van der Waals surface area contributed by atoms with Crippen LogP contribution in [0.15, 0.2) is 47.4 Å². The molecule has 0 fully saturated rings. The van der Waals surface area contributed by atoms with Gasteiger partial charge in [0.15, 0.2) is 11.5 Å². The number of nitrogens with one attached hydrogen (secondary N) is 2. The highest BCUT2D eigenvalue weighted by molar-refractivity contribution is 7.89. The van der Waals surface area contributed by atoms with Crippen LogP contribution >= 0.6 is 0 Å². The van der Waals surface area contributed by atoms with Gasteiger partial charge in [0.2, 0.25) is 15.9 Å². The van der Waals surface area contributed by atoms with Crippen molar-refractivity contribution in [2.75, 3.05) is 19.8 Å². The number of carbonyl (C=O) groups is 1. The van der Waals surface area contributed by atoms with Crippen LogP contribution in [-0.4, -0.2) is 40.1 Å². The minimum absolute atomic E-state index is 0.0815. The summed E-state index contributed by atoms with van der Waals surface area (Å²) in [4.78, 5) is 12.4. The van der Waals surface area contributed by atoms with Crippen LogP contribution in [0.5, 0.6) is 11.5 Å². The van der Waals surface area contributed by atoms with Crippen molar-refractivity contribution in [3.05, 3.63) is 53.6 Å². The molecule has 1 aliphatic heterocycles. The van der Waals surface area contributed by atoms with Gasteiger partial charge in [0.05, 0.1) is 11.3 Å². The molecule has 1 heterocycles. The van der Waals surface area contributed by atoms with Crippen molar-refractivity contribution in [1.82, 2.24) is 10.0 Å². The van der Waals surface area contributed by atoms with Gasteiger partial charge in [0.25, 0.3) is 0 Å². The van der Waals surface area contributed by atoms with Crippen molar-refractivity contribution in [3.63, 3.8) is 0 Å². The van der Waals surface area contributed by atoms with Gasteiger partial charge in [-0.1, -0.05) is 18.2 Å². The van der Waals surface area contributed by atoms with E-state index in [-0.39, 0.29) is 23.3 Å². The van der Waals surface area contributed by atoms with E-state index in [0.717, 1.165) is 11.1 Å². The molecular formula is C21H26N2O5S. The van der Waals surface area contributed by atoms with E-state index in [1.54, 1.807) is 38.1 Å². The van der Waals surface area contributed by atoms with E-state index in [0.29, 0.717) is 37.7 Å². The summed E-state index contributed by atoms with van der Waals surface area (Å²) in [5, 5.41) is 2.89. The van der Waals surface area contributed by atoms with Gasteiger partial charge >= 0.3 is 0 Å². The van der Waals surface area contributed by atoms with Crippen LogP contribution < -0.4 is 19.5 Å². The second-order valence-corrected chi connectivity index (χ2v) is 8.89. The molecule has 0 saturated heterocycles. The van der Waals surface area contributed by atoms with E-state index in [9.17, 15) is 13.2 Å². The Labute approximate surface area is 171 Å². The molecule has 1 aliphatic rings. The van der Waals surface area contributed by atoms with Crippen LogP contribution in [-0.2, 0) is 27.7 Å². The number of ether oxygens (including phenoxy) is 2. The molecule has 7 nitrogen and oxygen atoms in total. The Balaban J connectivity index is 1.48. The Morgan fingerprint density at radius 2 is 1.66 bits per heavy atom. The fraction of sp³-hybridized carbons (Fsp3) is 0.381. The van der Waals surface area contributed by atoms with E-state index < -0.39 is 10.0 Å². The third kappa shape index (κ3) is 5.95. The van der Waals surface area contributed by atoms with Crippen molar-refractivity contribution in [2.24, 2.45) is 0 Å². The predicted molar refractivity (Wildman–Crippen MR) is 110 cm³/mol. The first-order valence-corrected chi connectivity index (χ1v) is 11.1. The molecule has 8 heteroatoms. The van der Waals surface area contributed by atoms with Crippen LogP contribution in [0.3, 0.4) is 0 Å². The van der Waals surface area contributed by atoms with Gasteiger partial charge in [-0.2, -0.15) is 0 Å². The lowest BCUT2D eigenvalue weighted by Gasteiger charge is -2.18. The van der Waals surface area contributed by atoms with Gasteiger partial charge in [0.1, 0.15) is 13.2 Å². The molecular weight excluding hydrogens is 392 g/mol. The maximum absolute atomic E-state index is 12.2. The van der Waals surface area contributed by atoms with Gasteiger partial charge in [-0.3, -0.25) is 4.79 Å². The molecule has 0 saturated carbocycles. The Morgan fingerprint density at radius 3 is 2.34 bits per heavy atom. The predicted octanol–water partition coefficient (Wildman–Crippen LogP) is 2.05. The topological polar surface area (TPSA) is 93.7 Å². The van der Waals surface area contributed by atoms with Gasteiger partial charge in [-0.05, 0) is 55.7 Å². The van der Waals surface area contributed by atoms with Crippen LogP contribution in [0.2, 0.25) is 0 Å². The zero-order valence-corrected chi connectivity index (χ0v) is 17.4. The van der Waals surface area contributed by atoms with Crippen molar-refractivity contribution < 1.29 is 22.7 Å². The number of benzene rings is 2. The first kappa shape index (κ1) is 21.1. The normalized spacial score (nSPS) is 13.3. The lowest BCUT2D eigenvalue weighted by molar-refractivity contribution is -0.120. The summed E-state index contributed by atoms with van der Waals surface area (Å²) in [6.45, 7) is 5.07. The fourth-order valence-corrected chi connectivity index (χ4v) is 4.26. The number of hydrogen-bond donors (Lipinski definition) is 2.